The molecule has 0 aliphatic heterocycles. The molecule has 1 aromatic heterocycles. The summed E-state index contributed by atoms with van der Waals surface area (Å²) in [5.41, 5.74) is 3.43. The SMILES string of the molecule is N#Cc1c(/C=C/c2ccc(Cl)cc2)[nH]c2cc(Br)ccc12. The number of rotatable bonds is 2. The van der Waals surface area contributed by atoms with Crippen molar-refractivity contribution in [2.24, 2.45) is 0 Å². The first-order chi connectivity index (χ1) is 10.2. The number of hydrogen-bond donors (Lipinski definition) is 1. The van der Waals surface area contributed by atoms with Crippen LogP contribution in [0.5, 0.6) is 0 Å². The number of H-pyrrole nitrogens is 1. The quantitative estimate of drug-likeness (QED) is 0.634. The van der Waals surface area contributed by atoms with Gasteiger partial charge >= 0.3 is 0 Å². The van der Waals surface area contributed by atoms with Crippen LogP contribution in [-0.2, 0) is 0 Å². The van der Waals surface area contributed by atoms with Crippen LogP contribution >= 0.6 is 27.5 Å². The van der Waals surface area contributed by atoms with Crippen molar-refractivity contribution in [2.45, 2.75) is 0 Å². The van der Waals surface area contributed by atoms with E-state index in [0.717, 1.165) is 26.6 Å². The van der Waals surface area contributed by atoms with E-state index in [1.165, 1.54) is 0 Å². The van der Waals surface area contributed by atoms with Gasteiger partial charge in [-0.15, -0.1) is 0 Å². The zero-order chi connectivity index (χ0) is 14.8. The highest BCUT2D eigenvalue weighted by Gasteiger charge is 2.08. The van der Waals surface area contributed by atoms with Crippen molar-refractivity contribution in [2.75, 3.05) is 0 Å². The van der Waals surface area contributed by atoms with Gasteiger partial charge in [0.2, 0.25) is 0 Å². The van der Waals surface area contributed by atoms with E-state index in [0.29, 0.717) is 10.6 Å². The van der Waals surface area contributed by atoms with Crippen LogP contribution in [0.3, 0.4) is 0 Å². The number of aromatic amines is 1. The number of nitrogens with zero attached hydrogens (tertiary/aromatic N) is 1. The van der Waals surface area contributed by atoms with Crippen LogP contribution in [0.4, 0.5) is 0 Å². The molecule has 0 spiro atoms. The topological polar surface area (TPSA) is 39.6 Å². The molecule has 0 saturated carbocycles. The largest absolute Gasteiger partial charge is 0.354 e. The van der Waals surface area contributed by atoms with Gasteiger partial charge in [0.1, 0.15) is 6.07 Å². The molecule has 0 aliphatic carbocycles. The van der Waals surface area contributed by atoms with Crippen molar-refractivity contribution in [1.82, 2.24) is 4.98 Å². The van der Waals surface area contributed by atoms with E-state index in [2.05, 4.69) is 27.0 Å². The molecule has 1 heterocycles. The molecule has 3 aromatic rings. The monoisotopic (exact) mass is 356 g/mol. The Morgan fingerprint density at radius 1 is 1.10 bits per heavy atom. The van der Waals surface area contributed by atoms with E-state index < -0.39 is 0 Å². The molecule has 0 saturated heterocycles. The van der Waals surface area contributed by atoms with Crippen molar-refractivity contribution < 1.29 is 0 Å². The fourth-order valence-corrected chi connectivity index (χ4v) is 2.68. The van der Waals surface area contributed by atoms with Gasteiger partial charge < -0.3 is 4.98 Å². The van der Waals surface area contributed by atoms with Gasteiger partial charge in [-0.05, 0) is 35.9 Å². The summed E-state index contributed by atoms with van der Waals surface area (Å²) in [6, 6.07) is 15.7. The third kappa shape index (κ3) is 2.87. The third-order valence-corrected chi connectivity index (χ3v) is 3.96. The van der Waals surface area contributed by atoms with Crippen molar-refractivity contribution in [3.63, 3.8) is 0 Å². The molecule has 2 nitrogen and oxygen atoms in total. The third-order valence-electron chi connectivity index (χ3n) is 3.21. The molecule has 0 unspecified atom stereocenters. The summed E-state index contributed by atoms with van der Waals surface area (Å²) in [5, 5.41) is 11.0. The molecule has 0 atom stereocenters. The Bertz CT molecular complexity index is 870. The van der Waals surface area contributed by atoms with E-state index in [-0.39, 0.29) is 0 Å². The normalized spacial score (nSPS) is 11.1. The number of fused-ring (bicyclic) bond motifs is 1. The second-order valence-electron chi connectivity index (χ2n) is 4.60. The average Bonchev–Trinajstić information content (AvgIpc) is 2.83. The Balaban J connectivity index is 2.04. The lowest BCUT2D eigenvalue weighted by molar-refractivity contribution is 1.40. The Morgan fingerprint density at radius 2 is 1.86 bits per heavy atom. The zero-order valence-electron chi connectivity index (χ0n) is 10.9. The average molecular weight is 358 g/mol. The van der Waals surface area contributed by atoms with Gasteiger partial charge in [0.15, 0.2) is 0 Å². The van der Waals surface area contributed by atoms with E-state index in [1.807, 2.05) is 54.6 Å². The first-order valence-corrected chi connectivity index (χ1v) is 7.49. The predicted molar refractivity (Wildman–Crippen MR) is 91.1 cm³/mol. The fourth-order valence-electron chi connectivity index (χ4n) is 2.19. The van der Waals surface area contributed by atoms with Crippen molar-refractivity contribution in [1.29, 1.82) is 5.26 Å². The minimum atomic E-state index is 0.655. The summed E-state index contributed by atoms with van der Waals surface area (Å²) >= 11 is 9.30. The summed E-state index contributed by atoms with van der Waals surface area (Å²) in [4.78, 5) is 3.27. The van der Waals surface area contributed by atoms with Gasteiger partial charge in [-0.3, -0.25) is 0 Å². The number of benzene rings is 2. The van der Waals surface area contributed by atoms with Crippen LogP contribution in [0.15, 0.2) is 46.9 Å². The molecular weight excluding hydrogens is 348 g/mol. The number of aromatic nitrogens is 1. The van der Waals surface area contributed by atoms with Crippen molar-refractivity contribution in [3.05, 3.63) is 68.8 Å². The molecule has 0 aliphatic rings. The van der Waals surface area contributed by atoms with Crippen LogP contribution in [0.2, 0.25) is 5.02 Å². The smallest absolute Gasteiger partial charge is 0.102 e. The Labute approximate surface area is 135 Å². The van der Waals surface area contributed by atoms with Gasteiger partial charge in [0, 0.05) is 20.4 Å². The van der Waals surface area contributed by atoms with Crippen molar-refractivity contribution >= 4 is 50.6 Å². The number of halogens is 2. The first-order valence-electron chi connectivity index (χ1n) is 6.32. The Kier molecular flexibility index (Phi) is 3.83. The summed E-state index contributed by atoms with van der Waals surface area (Å²) in [7, 11) is 0. The summed E-state index contributed by atoms with van der Waals surface area (Å²) < 4.78 is 0.981. The molecule has 3 rings (SSSR count). The summed E-state index contributed by atoms with van der Waals surface area (Å²) in [6.45, 7) is 0. The second-order valence-corrected chi connectivity index (χ2v) is 5.95. The van der Waals surface area contributed by atoms with Crippen LogP contribution in [0, 0.1) is 11.3 Å². The standard InChI is InChI=1S/C17H10BrClN2/c18-12-4-7-14-15(10-20)16(21-17(14)9-12)8-3-11-1-5-13(19)6-2-11/h1-9,21H/b8-3+. The highest BCUT2D eigenvalue weighted by atomic mass is 79.9. The molecule has 0 radical (unpaired) electrons. The van der Waals surface area contributed by atoms with Gasteiger partial charge in [0.25, 0.3) is 0 Å². The van der Waals surface area contributed by atoms with Gasteiger partial charge in [-0.25, -0.2) is 0 Å². The minimum absolute atomic E-state index is 0.655. The van der Waals surface area contributed by atoms with Crippen molar-refractivity contribution in [3.8, 4) is 6.07 Å². The molecule has 2 aromatic carbocycles. The van der Waals surface area contributed by atoms with Gasteiger partial charge in [-0.1, -0.05) is 51.8 Å². The molecule has 21 heavy (non-hydrogen) atoms. The maximum Gasteiger partial charge on any atom is 0.102 e. The van der Waals surface area contributed by atoms with Gasteiger partial charge in [-0.2, -0.15) is 5.26 Å². The lowest BCUT2D eigenvalue weighted by Crippen LogP contribution is -1.77. The highest BCUT2D eigenvalue weighted by Crippen LogP contribution is 2.26. The molecule has 0 fully saturated rings. The molecule has 0 bridgehead atoms. The van der Waals surface area contributed by atoms with E-state index >= 15 is 0 Å². The second kappa shape index (κ2) is 5.77. The van der Waals surface area contributed by atoms with Crippen LogP contribution in [0.25, 0.3) is 23.1 Å². The number of nitrogens with one attached hydrogen (secondary N) is 1. The number of hydrogen-bond acceptors (Lipinski definition) is 1. The lowest BCUT2D eigenvalue weighted by atomic mass is 10.1. The number of nitriles is 1. The predicted octanol–water partition coefficient (Wildman–Crippen LogP) is 5.63. The Morgan fingerprint density at radius 3 is 2.57 bits per heavy atom. The molecule has 4 heteroatoms. The van der Waals surface area contributed by atoms with E-state index in [1.54, 1.807) is 0 Å². The summed E-state index contributed by atoms with van der Waals surface area (Å²) in [5.74, 6) is 0. The highest BCUT2D eigenvalue weighted by molar-refractivity contribution is 9.10. The maximum absolute atomic E-state index is 9.38. The van der Waals surface area contributed by atoms with Crippen LogP contribution < -0.4 is 0 Å². The molecule has 1 N–H and O–H groups in total. The first kappa shape index (κ1) is 13.9. The fraction of sp³-hybridized carbons (Fsp3) is 0. The zero-order valence-corrected chi connectivity index (χ0v) is 13.2. The van der Waals surface area contributed by atoms with Crippen LogP contribution in [-0.4, -0.2) is 4.98 Å². The maximum atomic E-state index is 9.38. The van der Waals surface area contributed by atoms with Crippen LogP contribution in [0.1, 0.15) is 16.8 Å². The van der Waals surface area contributed by atoms with E-state index in [9.17, 15) is 5.26 Å². The molecule has 102 valence electrons. The Hall–Kier alpha value is -2.02. The van der Waals surface area contributed by atoms with E-state index in [4.69, 9.17) is 11.6 Å². The summed E-state index contributed by atoms with van der Waals surface area (Å²) in [6.07, 6.45) is 3.87. The molecule has 0 amide bonds. The lowest BCUT2D eigenvalue weighted by Gasteiger charge is -1.93. The van der Waals surface area contributed by atoms with Gasteiger partial charge in [0.05, 0.1) is 11.3 Å². The minimum Gasteiger partial charge on any atom is -0.354 e. The molecular formula is C17H10BrClN2.